The van der Waals surface area contributed by atoms with Gasteiger partial charge in [-0.05, 0) is 19.8 Å². The first-order valence-electron chi connectivity index (χ1n) is 8.03. The average Bonchev–Trinajstić information content (AvgIpc) is 3.30. The topological polar surface area (TPSA) is 78.1 Å². The van der Waals surface area contributed by atoms with Gasteiger partial charge in [0, 0.05) is 19.7 Å². The Labute approximate surface area is 134 Å². The molecule has 0 N–H and O–H groups in total. The maximum atomic E-state index is 12.6. The lowest BCUT2D eigenvalue weighted by Gasteiger charge is -2.35. The normalized spacial score (nSPS) is 24.0. The third-order valence-electron chi connectivity index (χ3n) is 4.65. The van der Waals surface area contributed by atoms with Crippen molar-refractivity contribution >= 4 is 5.91 Å². The van der Waals surface area contributed by atoms with Gasteiger partial charge < -0.3 is 14.2 Å². The van der Waals surface area contributed by atoms with Crippen molar-refractivity contribution in [2.24, 2.45) is 0 Å². The molecule has 2 aromatic rings. The molecule has 4 rings (SSSR count). The largest absolute Gasteiger partial charge is 0.368 e. The maximum absolute atomic E-state index is 12.6. The number of nitrogens with zero attached hydrogens (tertiary/aromatic N) is 6. The average molecular weight is 316 g/mol. The summed E-state index contributed by atoms with van der Waals surface area (Å²) >= 11 is 0. The van der Waals surface area contributed by atoms with E-state index in [1.165, 1.54) is 6.33 Å². The molecular weight excluding hydrogens is 296 g/mol. The van der Waals surface area contributed by atoms with Crippen molar-refractivity contribution < 1.29 is 9.53 Å². The van der Waals surface area contributed by atoms with Gasteiger partial charge in [0.05, 0.1) is 24.5 Å². The molecule has 1 amide bonds. The van der Waals surface area contributed by atoms with Crippen LogP contribution in [0.2, 0.25) is 0 Å². The molecule has 23 heavy (non-hydrogen) atoms. The van der Waals surface area contributed by atoms with Crippen LogP contribution < -0.4 is 0 Å². The van der Waals surface area contributed by atoms with Gasteiger partial charge in [0.15, 0.2) is 0 Å². The molecule has 2 aliphatic rings. The van der Waals surface area contributed by atoms with Crippen LogP contribution in [-0.4, -0.2) is 54.4 Å². The summed E-state index contributed by atoms with van der Waals surface area (Å²) in [6.45, 7) is 4.80. The lowest BCUT2D eigenvalue weighted by molar-refractivity contribution is -0.144. The molecule has 8 nitrogen and oxygen atoms in total. The lowest BCUT2D eigenvalue weighted by Crippen LogP contribution is -2.46. The van der Waals surface area contributed by atoms with Crippen LogP contribution in [-0.2, 0) is 22.6 Å². The van der Waals surface area contributed by atoms with Crippen LogP contribution in [0.4, 0.5) is 0 Å². The first kappa shape index (κ1) is 14.4. The molecule has 2 aliphatic heterocycles. The summed E-state index contributed by atoms with van der Waals surface area (Å²) in [7, 11) is 0. The molecular formula is C15H20N6O2. The number of aromatic nitrogens is 5. The van der Waals surface area contributed by atoms with E-state index in [4.69, 9.17) is 4.74 Å². The van der Waals surface area contributed by atoms with Gasteiger partial charge in [-0.2, -0.15) is 5.10 Å². The molecule has 0 radical (unpaired) electrons. The molecule has 8 heteroatoms. The molecule has 1 fully saturated rings. The summed E-state index contributed by atoms with van der Waals surface area (Å²) in [4.78, 5) is 23.0. The van der Waals surface area contributed by atoms with Gasteiger partial charge >= 0.3 is 0 Å². The molecule has 0 aromatic carbocycles. The summed E-state index contributed by atoms with van der Waals surface area (Å²) < 4.78 is 9.51. The third kappa shape index (κ3) is 2.52. The van der Waals surface area contributed by atoms with Crippen LogP contribution in [0, 0.1) is 0 Å². The van der Waals surface area contributed by atoms with Gasteiger partial charge in [0.25, 0.3) is 5.91 Å². The van der Waals surface area contributed by atoms with Crippen LogP contribution >= 0.6 is 0 Å². The van der Waals surface area contributed by atoms with Gasteiger partial charge in [-0.3, -0.25) is 4.79 Å². The second kappa shape index (κ2) is 5.77. The van der Waals surface area contributed by atoms with E-state index in [2.05, 4.69) is 19.6 Å². The molecule has 2 aromatic heterocycles. The minimum atomic E-state index is -0.270. The van der Waals surface area contributed by atoms with E-state index in [0.29, 0.717) is 19.7 Å². The highest BCUT2D eigenvalue weighted by atomic mass is 16.5. The Hall–Kier alpha value is -2.22. The van der Waals surface area contributed by atoms with E-state index in [1.807, 2.05) is 18.0 Å². The highest BCUT2D eigenvalue weighted by Gasteiger charge is 2.35. The number of rotatable bonds is 3. The number of amides is 1. The fourth-order valence-electron chi connectivity index (χ4n) is 3.42. The Morgan fingerprint density at radius 3 is 3.09 bits per heavy atom. The van der Waals surface area contributed by atoms with E-state index in [9.17, 15) is 4.79 Å². The molecule has 1 saturated heterocycles. The minimum absolute atomic E-state index is 0.0371. The lowest BCUT2D eigenvalue weighted by atomic mass is 10.1. The number of carbonyl (C=O) groups is 1. The predicted molar refractivity (Wildman–Crippen MR) is 80.5 cm³/mol. The number of ether oxygens (including phenoxy) is 1. The van der Waals surface area contributed by atoms with Crippen molar-refractivity contribution in [2.45, 2.75) is 45.0 Å². The molecule has 0 spiro atoms. The number of carbonyl (C=O) groups excluding carboxylic acids is 1. The fourth-order valence-corrected chi connectivity index (χ4v) is 3.42. The molecule has 122 valence electrons. The molecule has 1 unspecified atom stereocenters. The first-order valence-corrected chi connectivity index (χ1v) is 8.03. The number of hydrogen-bond acceptors (Lipinski definition) is 5. The Bertz CT molecular complexity index is 689. The van der Waals surface area contributed by atoms with E-state index in [0.717, 1.165) is 30.9 Å². The van der Waals surface area contributed by atoms with Crippen molar-refractivity contribution in [1.29, 1.82) is 0 Å². The van der Waals surface area contributed by atoms with Crippen molar-refractivity contribution in [3.05, 3.63) is 30.4 Å². The van der Waals surface area contributed by atoms with Crippen molar-refractivity contribution in [3.63, 3.8) is 0 Å². The van der Waals surface area contributed by atoms with Crippen molar-refractivity contribution in [1.82, 2.24) is 29.2 Å². The smallest absolute Gasteiger partial charge is 0.252 e. The molecule has 4 heterocycles. The molecule has 0 bridgehead atoms. The van der Waals surface area contributed by atoms with Gasteiger partial charge in [-0.25, -0.2) is 14.6 Å². The maximum Gasteiger partial charge on any atom is 0.252 e. The number of imidazole rings is 1. The van der Waals surface area contributed by atoms with Crippen LogP contribution in [0.5, 0.6) is 0 Å². The Balaban J connectivity index is 1.54. The van der Waals surface area contributed by atoms with Gasteiger partial charge in [0.2, 0.25) is 0 Å². The zero-order valence-electron chi connectivity index (χ0n) is 13.1. The summed E-state index contributed by atoms with van der Waals surface area (Å²) in [6.07, 6.45) is 6.61. The number of fused-ring (bicyclic) bond motifs is 1. The summed E-state index contributed by atoms with van der Waals surface area (Å²) in [5.74, 6) is 1.03. The van der Waals surface area contributed by atoms with Crippen LogP contribution in [0.1, 0.15) is 37.3 Å². The van der Waals surface area contributed by atoms with Gasteiger partial charge in [0.1, 0.15) is 24.6 Å². The van der Waals surface area contributed by atoms with Crippen molar-refractivity contribution in [3.8, 4) is 0 Å². The minimum Gasteiger partial charge on any atom is -0.368 e. The quantitative estimate of drug-likeness (QED) is 0.829. The van der Waals surface area contributed by atoms with E-state index >= 15 is 0 Å². The van der Waals surface area contributed by atoms with Crippen LogP contribution in [0.3, 0.4) is 0 Å². The van der Waals surface area contributed by atoms with E-state index in [1.54, 1.807) is 11.0 Å². The highest BCUT2D eigenvalue weighted by Crippen LogP contribution is 2.28. The van der Waals surface area contributed by atoms with Crippen LogP contribution in [0.15, 0.2) is 18.9 Å². The first-order chi connectivity index (χ1) is 11.2. The highest BCUT2D eigenvalue weighted by molar-refractivity contribution is 5.81. The second-order valence-electron chi connectivity index (χ2n) is 6.06. The molecule has 0 saturated carbocycles. The summed E-state index contributed by atoms with van der Waals surface area (Å²) in [5.41, 5.74) is 1.08. The molecule has 0 aliphatic carbocycles. The van der Waals surface area contributed by atoms with E-state index in [-0.39, 0.29) is 18.1 Å². The van der Waals surface area contributed by atoms with E-state index < -0.39 is 0 Å². The third-order valence-corrected chi connectivity index (χ3v) is 4.65. The second-order valence-corrected chi connectivity index (χ2v) is 6.06. The fraction of sp³-hybridized carbons (Fsp3) is 0.600. The predicted octanol–water partition coefficient (Wildman–Crippen LogP) is 0.605. The SMILES string of the molecule is CC1c2ncc(Cn3cncn3)n2CCN1C(=O)[C@H]1CCCO1. The Morgan fingerprint density at radius 1 is 1.43 bits per heavy atom. The Morgan fingerprint density at radius 2 is 2.35 bits per heavy atom. The zero-order valence-corrected chi connectivity index (χ0v) is 13.1. The summed E-state index contributed by atoms with van der Waals surface area (Å²) in [5, 5.41) is 4.14. The van der Waals surface area contributed by atoms with Crippen molar-refractivity contribution in [2.75, 3.05) is 13.2 Å². The Kier molecular flexibility index (Phi) is 3.60. The molecule has 2 atom stereocenters. The number of hydrogen-bond donors (Lipinski definition) is 0. The van der Waals surface area contributed by atoms with Gasteiger partial charge in [-0.15, -0.1) is 0 Å². The monoisotopic (exact) mass is 316 g/mol. The standard InChI is InChI=1S/C15H20N6O2/c1-11-14-17-7-12(8-19-10-16-9-18-19)21(14)5-4-20(11)15(22)13-3-2-6-23-13/h7,9-11,13H,2-6,8H2,1H3/t11?,13-/m1/s1. The van der Waals surface area contributed by atoms with Gasteiger partial charge in [-0.1, -0.05) is 0 Å². The van der Waals surface area contributed by atoms with Crippen LogP contribution in [0.25, 0.3) is 0 Å². The summed E-state index contributed by atoms with van der Waals surface area (Å²) in [6, 6.07) is -0.0371. The zero-order chi connectivity index (χ0) is 15.8.